The lowest BCUT2D eigenvalue weighted by Crippen LogP contribution is -2.02. The van der Waals surface area contributed by atoms with Crippen LogP contribution in [-0.4, -0.2) is 34.6 Å². The van der Waals surface area contributed by atoms with Crippen LogP contribution in [0.2, 0.25) is 0 Å². The van der Waals surface area contributed by atoms with E-state index in [4.69, 9.17) is 9.47 Å². The fourth-order valence-corrected chi connectivity index (χ4v) is 3.49. The summed E-state index contributed by atoms with van der Waals surface area (Å²) < 4.78 is 11.1. The average Bonchev–Trinajstić information content (AvgIpc) is 2.72. The number of aromatic hydroxyl groups is 4. The van der Waals surface area contributed by atoms with E-state index in [9.17, 15) is 20.4 Å². The fourth-order valence-electron chi connectivity index (χ4n) is 3.49. The first-order valence-electron chi connectivity index (χ1n) is 9.66. The molecule has 0 fully saturated rings. The second kappa shape index (κ2) is 9.31. The summed E-state index contributed by atoms with van der Waals surface area (Å²) in [6, 6.07) is 13.0. The highest BCUT2D eigenvalue weighted by molar-refractivity contribution is 5.48. The lowest BCUT2D eigenvalue weighted by atomic mass is 9.97. The van der Waals surface area contributed by atoms with Gasteiger partial charge in [0, 0.05) is 18.2 Å². The zero-order valence-corrected chi connectivity index (χ0v) is 17.1. The van der Waals surface area contributed by atoms with E-state index in [0.717, 1.165) is 22.3 Å². The van der Waals surface area contributed by atoms with Crippen LogP contribution in [0.5, 0.6) is 34.5 Å². The molecular weight excluding hydrogens is 384 g/mol. The zero-order chi connectivity index (χ0) is 21.7. The minimum atomic E-state index is 0.0260. The Hall–Kier alpha value is -3.54. The molecule has 0 aromatic heterocycles. The van der Waals surface area contributed by atoms with Crippen molar-refractivity contribution in [1.82, 2.24) is 0 Å². The maximum atomic E-state index is 10.0. The van der Waals surface area contributed by atoms with E-state index in [2.05, 4.69) is 0 Å². The van der Waals surface area contributed by atoms with Crippen molar-refractivity contribution in [1.29, 1.82) is 0 Å². The van der Waals surface area contributed by atoms with Gasteiger partial charge in [0.05, 0.1) is 14.2 Å². The summed E-state index contributed by atoms with van der Waals surface area (Å²) in [5.74, 6) is 1.56. The smallest absolute Gasteiger partial charge is 0.125 e. The lowest BCUT2D eigenvalue weighted by molar-refractivity contribution is 0.387. The molecule has 0 aliphatic heterocycles. The maximum absolute atomic E-state index is 10.0. The number of ether oxygens (including phenoxy) is 2. The number of phenols is 4. The normalized spacial score (nSPS) is 10.7. The number of methoxy groups -OCH3 is 2. The third-order valence-electron chi connectivity index (χ3n) is 5.15. The number of aryl methyl sites for hydroxylation is 4. The summed E-state index contributed by atoms with van der Waals surface area (Å²) in [6.07, 6.45) is 2.41. The van der Waals surface area contributed by atoms with Gasteiger partial charge in [-0.15, -0.1) is 0 Å². The van der Waals surface area contributed by atoms with Gasteiger partial charge in [-0.3, -0.25) is 0 Å². The number of hydrogen-bond acceptors (Lipinski definition) is 6. The molecule has 0 saturated carbocycles. The van der Waals surface area contributed by atoms with E-state index < -0.39 is 0 Å². The molecule has 30 heavy (non-hydrogen) atoms. The van der Waals surface area contributed by atoms with Crippen LogP contribution in [0.1, 0.15) is 22.3 Å². The molecule has 158 valence electrons. The number of rotatable bonds is 8. The molecule has 0 amide bonds. The Morgan fingerprint density at radius 2 is 0.933 bits per heavy atom. The highest BCUT2D eigenvalue weighted by Gasteiger charge is 2.14. The summed E-state index contributed by atoms with van der Waals surface area (Å²) in [6.45, 7) is 0. The van der Waals surface area contributed by atoms with Gasteiger partial charge in [0.15, 0.2) is 0 Å². The van der Waals surface area contributed by atoms with Gasteiger partial charge in [-0.05, 0) is 66.1 Å². The Balaban J connectivity index is 1.82. The molecule has 0 heterocycles. The van der Waals surface area contributed by atoms with Gasteiger partial charge >= 0.3 is 0 Å². The highest BCUT2D eigenvalue weighted by Crippen LogP contribution is 2.33. The predicted molar refractivity (Wildman–Crippen MR) is 114 cm³/mol. The molecule has 3 aromatic rings. The van der Waals surface area contributed by atoms with Gasteiger partial charge in [0.2, 0.25) is 0 Å². The monoisotopic (exact) mass is 410 g/mol. The van der Waals surface area contributed by atoms with Gasteiger partial charge in [-0.25, -0.2) is 0 Å². The topological polar surface area (TPSA) is 99.4 Å². The summed E-state index contributed by atoms with van der Waals surface area (Å²) in [4.78, 5) is 0. The minimum absolute atomic E-state index is 0.0260. The molecule has 6 nitrogen and oxygen atoms in total. The summed E-state index contributed by atoms with van der Waals surface area (Å²) in [5, 5.41) is 39.0. The van der Waals surface area contributed by atoms with Crippen molar-refractivity contribution in [2.45, 2.75) is 25.7 Å². The van der Waals surface area contributed by atoms with Crippen molar-refractivity contribution in [3.05, 3.63) is 70.8 Å². The summed E-state index contributed by atoms with van der Waals surface area (Å²) in [5.41, 5.74) is 3.41. The van der Waals surface area contributed by atoms with Crippen LogP contribution in [-0.2, 0) is 25.7 Å². The number of hydrogen-bond donors (Lipinski definition) is 4. The molecule has 0 saturated heterocycles. The third-order valence-corrected chi connectivity index (χ3v) is 5.15. The molecule has 0 radical (unpaired) electrons. The Labute approximate surface area is 175 Å². The largest absolute Gasteiger partial charge is 0.508 e. The van der Waals surface area contributed by atoms with E-state index in [1.54, 1.807) is 38.5 Å². The Morgan fingerprint density at radius 3 is 1.30 bits per heavy atom. The van der Waals surface area contributed by atoms with E-state index in [-0.39, 0.29) is 23.0 Å². The molecule has 0 aliphatic carbocycles. The molecule has 0 unspecified atom stereocenters. The van der Waals surface area contributed by atoms with Crippen molar-refractivity contribution in [3.63, 3.8) is 0 Å². The third kappa shape index (κ3) is 4.89. The highest BCUT2D eigenvalue weighted by atomic mass is 16.5. The van der Waals surface area contributed by atoms with Gasteiger partial charge in [0.25, 0.3) is 0 Å². The van der Waals surface area contributed by atoms with Gasteiger partial charge in [0.1, 0.15) is 34.5 Å². The molecule has 3 aromatic carbocycles. The van der Waals surface area contributed by atoms with Gasteiger partial charge in [-0.2, -0.15) is 0 Å². The Kier molecular flexibility index (Phi) is 6.57. The first kappa shape index (κ1) is 21.2. The van der Waals surface area contributed by atoms with Gasteiger partial charge in [-0.1, -0.05) is 12.1 Å². The van der Waals surface area contributed by atoms with E-state index in [1.165, 1.54) is 12.1 Å². The van der Waals surface area contributed by atoms with Crippen LogP contribution in [0, 0.1) is 0 Å². The van der Waals surface area contributed by atoms with Crippen LogP contribution >= 0.6 is 0 Å². The Morgan fingerprint density at radius 1 is 0.533 bits per heavy atom. The second-order valence-corrected chi connectivity index (χ2v) is 7.10. The van der Waals surface area contributed by atoms with E-state index in [0.29, 0.717) is 37.2 Å². The zero-order valence-electron chi connectivity index (χ0n) is 17.1. The molecule has 3 rings (SSSR count). The molecule has 0 bridgehead atoms. The van der Waals surface area contributed by atoms with E-state index in [1.807, 2.05) is 12.1 Å². The first-order chi connectivity index (χ1) is 14.4. The second-order valence-electron chi connectivity index (χ2n) is 7.10. The van der Waals surface area contributed by atoms with Crippen LogP contribution < -0.4 is 9.47 Å². The lowest BCUT2D eigenvalue weighted by Gasteiger charge is -2.16. The molecule has 6 heteroatoms. The summed E-state index contributed by atoms with van der Waals surface area (Å²) >= 11 is 0. The quantitative estimate of drug-likeness (QED) is 0.446. The van der Waals surface area contributed by atoms with Crippen molar-refractivity contribution in [2.24, 2.45) is 0 Å². The average molecular weight is 410 g/mol. The standard InChI is InChI=1S/C24H26O6/c1-29-23-14-24(30-2)18(6-4-16-8-10-20(26)13-22(16)28)11-17(23)5-3-15-7-9-19(25)12-21(15)27/h7-14,25-28H,3-6H2,1-2H3. The minimum Gasteiger partial charge on any atom is -0.508 e. The van der Waals surface area contributed by atoms with Crippen LogP contribution in [0.3, 0.4) is 0 Å². The van der Waals surface area contributed by atoms with Crippen LogP contribution in [0.4, 0.5) is 0 Å². The number of phenolic OH excluding ortho intramolecular Hbond substituents is 4. The maximum Gasteiger partial charge on any atom is 0.125 e. The first-order valence-corrected chi connectivity index (χ1v) is 9.66. The van der Waals surface area contributed by atoms with Crippen molar-refractivity contribution < 1.29 is 29.9 Å². The Bertz CT molecular complexity index is 950. The summed E-state index contributed by atoms with van der Waals surface area (Å²) in [7, 11) is 3.20. The fraction of sp³-hybridized carbons (Fsp3) is 0.250. The molecule has 0 aliphatic rings. The molecule has 0 atom stereocenters. The van der Waals surface area contributed by atoms with Crippen LogP contribution in [0.25, 0.3) is 0 Å². The van der Waals surface area contributed by atoms with Crippen LogP contribution in [0.15, 0.2) is 48.5 Å². The van der Waals surface area contributed by atoms with Crippen molar-refractivity contribution in [3.8, 4) is 34.5 Å². The number of benzene rings is 3. The SMILES string of the molecule is COc1cc(OC)c(CCc2ccc(O)cc2O)cc1CCc1ccc(O)cc1O. The predicted octanol–water partition coefficient (Wildman–Crippen LogP) is 4.10. The molecule has 4 N–H and O–H groups in total. The van der Waals surface area contributed by atoms with Crippen molar-refractivity contribution in [2.75, 3.05) is 14.2 Å². The molecular formula is C24H26O6. The van der Waals surface area contributed by atoms with Gasteiger partial charge < -0.3 is 29.9 Å². The van der Waals surface area contributed by atoms with Crippen molar-refractivity contribution >= 4 is 0 Å². The molecule has 0 spiro atoms. The van der Waals surface area contributed by atoms with E-state index >= 15 is 0 Å².